The molecule has 1 aliphatic heterocycles. The highest BCUT2D eigenvalue weighted by atomic mass is 32.2. The second-order valence-corrected chi connectivity index (χ2v) is 8.66. The van der Waals surface area contributed by atoms with Crippen molar-refractivity contribution < 1.29 is 13.2 Å². The van der Waals surface area contributed by atoms with E-state index in [9.17, 15) is 8.42 Å². The molecule has 4 nitrogen and oxygen atoms in total. The molecule has 1 aromatic carbocycles. The molecular formula is C17H23NO3S. The van der Waals surface area contributed by atoms with Gasteiger partial charge in [-0.3, -0.25) is 0 Å². The molecule has 1 saturated heterocycles. The summed E-state index contributed by atoms with van der Waals surface area (Å²) in [5.74, 6) is 0.319. The van der Waals surface area contributed by atoms with Gasteiger partial charge in [-0.2, -0.15) is 4.31 Å². The van der Waals surface area contributed by atoms with Crippen molar-refractivity contribution in [2.24, 2.45) is 11.3 Å². The molecule has 1 aromatic rings. The third-order valence-electron chi connectivity index (χ3n) is 5.06. The van der Waals surface area contributed by atoms with E-state index in [4.69, 9.17) is 4.74 Å². The number of benzene rings is 1. The van der Waals surface area contributed by atoms with E-state index in [1.54, 1.807) is 13.1 Å². The summed E-state index contributed by atoms with van der Waals surface area (Å²) in [6.07, 6.45) is 2.79. The topological polar surface area (TPSA) is 46.6 Å². The molecule has 1 saturated carbocycles. The van der Waals surface area contributed by atoms with Crippen LogP contribution in [0, 0.1) is 11.3 Å². The van der Waals surface area contributed by atoms with Gasteiger partial charge < -0.3 is 4.74 Å². The van der Waals surface area contributed by atoms with Crippen LogP contribution in [0.4, 0.5) is 0 Å². The van der Waals surface area contributed by atoms with Gasteiger partial charge in [0.15, 0.2) is 0 Å². The zero-order valence-electron chi connectivity index (χ0n) is 13.3. The molecule has 0 unspecified atom stereocenters. The van der Waals surface area contributed by atoms with Crippen molar-refractivity contribution in [2.45, 2.75) is 32.4 Å². The summed E-state index contributed by atoms with van der Waals surface area (Å²) in [6.45, 7) is 4.93. The van der Waals surface area contributed by atoms with Crippen LogP contribution in [0.5, 0.6) is 0 Å². The standard InChI is InChI=1S/C17H23NO3S/c1-17(2)15(14-9-11-21-16(14)17)18(3)22(19,20)12-10-13-7-5-4-6-8-13/h4-8,10,12,14-16H,9,11H2,1-3H3/b12-10+/t14-,15-,16-/m0/s1. The third-order valence-corrected chi connectivity index (χ3v) is 6.57. The normalized spacial score (nSPS) is 30.5. The highest BCUT2D eigenvalue weighted by Crippen LogP contribution is 2.54. The van der Waals surface area contributed by atoms with Crippen molar-refractivity contribution in [3.05, 3.63) is 41.3 Å². The Kier molecular flexibility index (Phi) is 3.91. The van der Waals surface area contributed by atoms with Gasteiger partial charge in [-0.05, 0) is 18.1 Å². The summed E-state index contributed by atoms with van der Waals surface area (Å²) in [6, 6.07) is 9.48. The van der Waals surface area contributed by atoms with Crippen LogP contribution in [0.1, 0.15) is 25.8 Å². The van der Waals surface area contributed by atoms with Crippen molar-refractivity contribution in [3.63, 3.8) is 0 Å². The quantitative estimate of drug-likeness (QED) is 0.856. The van der Waals surface area contributed by atoms with Crippen LogP contribution in [0.3, 0.4) is 0 Å². The fraction of sp³-hybridized carbons (Fsp3) is 0.529. The molecule has 3 atom stereocenters. The first kappa shape index (κ1) is 15.7. The molecule has 0 bridgehead atoms. The van der Waals surface area contributed by atoms with Gasteiger partial charge in [-0.15, -0.1) is 0 Å². The van der Waals surface area contributed by atoms with Crippen molar-refractivity contribution in [3.8, 4) is 0 Å². The van der Waals surface area contributed by atoms with Crippen LogP contribution in [-0.4, -0.2) is 38.5 Å². The minimum absolute atomic E-state index is 0.00502. The first-order valence-electron chi connectivity index (χ1n) is 7.67. The monoisotopic (exact) mass is 321 g/mol. The summed E-state index contributed by atoms with van der Waals surface area (Å²) in [4.78, 5) is 0. The molecule has 0 aromatic heterocycles. The number of rotatable bonds is 4. The Hall–Kier alpha value is -1.17. The molecule has 2 aliphatic rings. The van der Waals surface area contributed by atoms with Gasteiger partial charge in [-0.25, -0.2) is 8.42 Å². The molecule has 0 radical (unpaired) electrons. The minimum atomic E-state index is -3.43. The van der Waals surface area contributed by atoms with Gasteiger partial charge >= 0.3 is 0 Å². The van der Waals surface area contributed by atoms with E-state index in [1.807, 2.05) is 30.3 Å². The van der Waals surface area contributed by atoms with E-state index in [-0.39, 0.29) is 17.6 Å². The summed E-state index contributed by atoms with van der Waals surface area (Å²) in [5, 5.41) is 1.31. The van der Waals surface area contributed by atoms with Gasteiger partial charge in [-0.1, -0.05) is 44.2 Å². The summed E-state index contributed by atoms with van der Waals surface area (Å²) in [5.41, 5.74) is 0.748. The highest BCUT2D eigenvalue weighted by Gasteiger charge is 2.62. The zero-order valence-corrected chi connectivity index (χ0v) is 14.1. The van der Waals surface area contributed by atoms with Gasteiger partial charge in [0.05, 0.1) is 6.10 Å². The minimum Gasteiger partial charge on any atom is -0.377 e. The number of sulfonamides is 1. The Labute approximate surface area is 132 Å². The molecule has 1 heterocycles. The Bertz CT molecular complexity index is 666. The maximum atomic E-state index is 12.6. The lowest BCUT2D eigenvalue weighted by Gasteiger charge is -2.57. The summed E-state index contributed by atoms with van der Waals surface area (Å²) < 4.78 is 32.5. The first-order valence-corrected chi connectivity index (χ1v) is 9.17. The first-order chi connectivity index (χ1) is 10.3. The van der Waals surface area contributed by atoms with Crippen LogP contribution < -0.4 is 0 Å². The lowest BCUT2D eigenvalue weighted by molar-refractivity contribution is -0.131. The molecule has 1 aliphatic carbocycles. The molecule has 2 fully saturated rings. The van der Waals surface area contributed by atoms with Crippen LogP contribution in [0.15, 0.2) is 35.7 Å². The van der Waals surface area contributed by atoms with Crippen LogP contribution in [0.2, 0.25) is 0 Å². The molecule has 120 valence electrons. The maximum absolute atomic E-state index is 12.6. The van der Waals surface area contributed by atoms with Gasteiger partial charge in [0, 0.05) is 36.4 Å². The van der Waals surface area contributed by atoms with Gasteiger partial charge in [0.2, 0.25) is 10.0 Å². The SMILES string of the molecule is CN([C@H]1[C@@H]2CCO[C@@H]2C1(C)C)S(=O)(=O)/C=C/c1ccccc1. The number of fused-ring (bicyclic) bond motifs is 1. The lowest BCUT2D eigenvalue weighted by Crippen LogP contribution is -2.66. The summed E-state index contributed by atoms with van der Waals surface area (Å²) >= 11 is 0. The molecule has 3 rings (SSSR count). The highest BCUT2D eigenvalue weighted by molar-refractivity contribution is 7.92. The largest absolute Gasteiger partial charge is 0.377 e. The second kappa shape index (κ2) is 5.48. The van der Waals surface area contributed by atoms with Crippen LogP contribution in [0.25, 0.3) is 6.08 Å². The van der Waals surface area contributed by atoms with Crippen LogP contribution in [-0.2, 0) is 14.8 Å². The molecular weight excluding hydrogens is 298 g/mol. The molecule has 0 spiro atoms. The number of hydrogen-bond donors (Lipinski definition) is 0. The fourth-order valence-electron chi connectivity index (χ4n) is 4.02. The predicted molar refractivity (Wildman–Crippen MR) is 87.6 cm³/mol. The average Bonchev–Trinajstić information content (AvgIpc) is 2.92. The van der Waals surface area contributed by atoms with Gasteiger partial charge in [0.1, 0.15) is 0 Å². The van der Waals surface area contributed by atoms with Gasteiger partial charge in [0.25, 0.3) is 0 Å². The Morgan fingerprint density at radius 3 is 2.64 bits per heavy atom. The maximum Gasteiger partial charge on any atom is 0.236 e. The van der Waals surface area contributed by atoms with E-state index in [1.165, 1.54) is 9.71 Å². The predicted octanol–water partition coefficient (Wildman–Crippen LogP) is 2.73. The van der Waals surface area contributed by atoms with Crippen molar-refractivity contribution in [1.82, 2.24) is 4.31 Å². The van der Waals surface area contributed by atoms with Crippen molar-refractivity contribution >= 4 is 16.1 Å². The lowest BCUT2D eigenvalue weighted by atomic mass is 9.57. The van der Waals surface area contributed by atoms with Crippen molar-refractivity contribution in [1.29, 1.82) is 0 Å². The average molecular weight is 321 g/mol. The molecule has 0 N–H and O–H groups in total. The number of nitrogens with zero attached hydrogens (tertiary/aromatic N) is 1. The van der Waals surface area contributed by atoms with E-state index in [0.717, 1.165) is 18.6 Å². The van der Waals surface area contributed by atoms with E-state index in [0.29, 0.717) is 5.92 Å². The Morgan fingerprint density at radius 1 is 1.27 bits per heavy atom. The Balaban J connectivity index is 1.79. The molecule has 22 heavy (non-hydrogen) atoms. The van der Waals surface area contributed by atoms with E-state index < -0.39 is 10.0 Å². The zero-order chi connectivity index (χ0) is 16.0. The van der Waals surface area contributed by atoms with E-state index >= 15 is 0 Å². The number of hydrogen-bond acceptors (Lipinski definition) is 3. The molecule has 5 heteroatoms. The summed E-state index contributed by atoms with van der Waals surface area (Å²) in [7, 11) is -1.74. The Morgan fingerprint density at radius 2 is 1.95 bits per heavy atom. The second-order valence-electron chi connectivity index (χ2n) is 6.78. The molecule has 0 amide bonds. The number of ether oxygens (including phenoxy) is 1. The van der Waals surface area contributed by atoms with E-state index in [2.05, 4.69) is 13.8 Å². The van der Waals surface area contributed by atoms with Crippen LogP contribution >= 0.6 is 0 Å². The fourth-order valence-corrected chi connectivity index (χ4v) is 5.28. The smallest absolute Gasteiger partial charge is 0.236 e. The van der Waals surface area contributed by atoms with Crippen molar-refractivity contribution in [2.75, 3.05) is 13.7 Å². The third kappa shape index (κ3) is 2.51.